The molecule has 0 radical (unpaired) electrons. The van der Waals surface area contributed by atoms with Crippen LogP contribution in [0.2, 0.25) is 0 Å². The molecule has 0 heterocycles. The van der Waals surface area contributed by atoms with E-state index in [0.717, 1.165) is 5.56 Å². The average molecular weight is 338 g/mol. The quantitative estimate of drug-likeness (QED) is 0.741. The Kier molecular flexibility index (Phi) is 7.61. The normalized spacial score (nSPS) is 11.8. The third-order valence-corrected chi connectivity index (χ3v) is 3.96. The number of imide groups is 1. The molecule has 126 valence electrons. The first-order chi connectivity index (χ1) is 10.8. The predicted molar refractivity (Wildman–Crippen MR) is 89.8 cm³/mol. The predicted octanol–water partition coefficient (Wildman–Crippen LogP) is 1.99. The molecule has 1 atom stereocenters. The van der Waals surface area contributed by atoms with Crippen molar-refractivity contribution in [2.24, 2.45) is 11.7 Å². The monoisotopic (exact) mass is 338 g/mol. The van der Waals surface area contributed by atoms with Crippen LogP contribution >= 0.6 is 11.8 Å². The Morgan fingerprint density at radius 2 is 1.83 bits per heavy atom. The summed E-state index contributed by atoms with van der Waals surface area (Å²) in [7, 11) is 0. The van der Waals surface area contributed by atoms with Crippen LogP contribution in [-0.2, 0) is 20.1 Å². The van der Waals surface area contributed by atoms with Crippen LogP contribution in [-0.4, -0.2) is 29.8 Å². The summed E-state index contributed by atoms with van der Waals surface area (Å²) < 4.78 is 5.15. The fourth-order valence-electron chi connectivity index (χ4n) is 1.80. The summed E-state index contributed by atoms with van der Waals surface area (Å²) in [6.07, 6.45) is -1.03. The highest BCUT2D eigenvalue weighted by atomic mass is 32.2. The van der Waals surface area contributed by atoms with Gasteiger partial charge in [-0.2, -0.15) is 0 Å². The minimum atomic E-state index is -1.03. The van der Waals surface area contributed by atoms with Gasteiger partial charge >= 0.3 is 12.0 Å². The second-order valence-electron chi connectivity index (χ2n) is 5.49. The van der Waals surface area contributed by atoms with E-state index in [1.54, 1.807) is 13.8 Å². The van der Waals surface area contributed by atoms with Gasteiger partial charge in [0, 0.05) is 5.75 Å². The molecule has 3 N–H and O–H groups in total. The van der Waals surface area contributed by atoms with Gasteiger partial charge in [0.25, 0.3) is 5.91 Å². The molecule has 3 amide bonds. The van der Waals surface area contributed by atoms with Crippen LogP contribution in [0.4, 0.5) is 4.79 Å². The zero-order chi connectivity index (χ0) is 17.4. The molecule has 0 saturated carbocycles. The fourth-order valence-corrected chi connectivity index (χ4v) is 2.56. The lowest BCUT2D eigenvalue weighted by molar-refractivity contribution is -0.155. The largest absolute Gasteiger partial charge is 0.451 e. The molecule has 0 aliphatic carbocycles. The first-order valence-electron chi connectivity index (χ1n) is 7.22. The van der Waals surface area contributed by atoms with Crippen molar-refractivity contribution >= 4 is 29.7 Å². The number of hydrogen-bond donors (Lipinski definition) is 2. The van der Waals surface area contributed by atoms with Gasteiger partial charge in [-0.15, -0.1) is 11.8 Å². The van der Waals surface area contributed by atoms with Gasteiger partial charge in [0.1, 0.15) is 0 Å². The van der Waals surface area contributed by atoms with Gasteiger partial charge in [-0.3, -0.25) is 14.9 Å². The minimum absolute atomic E-state index is 0.126. The number of carbonyl (C=O) groups is 3. The molecule has 0 aliphatic rings. The Hall–Kier alpha value is -2.02. The SMILES string of the molecule is Cc1ccc(CSCC(=O)O[C@H](C(=O)NC(N)=O)C(C)C)cc1. The van der Waals surface area contributed by atoms with Gasteiger partial charge in [0.15, 0.2) is 6.10 Å². The van der Waals surface area contributed by atoms with E-state index in [0.29, 0.717) is 5.75 Å². The van der Waals surface area contributed by atoms with Crippen LogP contribution < -0.4 is 11.1 Å². The summed E-state index contributed by atoms with van der Waals surface area (Å²) in [4.78, 5) is 34.3. The Bertz CT molecular complexity index is 558. The number of esters is 1. The molecular weight excluding hydrogens is 316 g/mol. The first-order valence-corrected chi connectivity index (χ1v) is 8.38. The highest BCUT2D eigenvalue weighted by Crippen LogP contribution is 2.15. The second-order valence-corrected chi connectivity index (χ2v) is 6.47. The number of amides is 3. The molecule has 1 aromatic rings. The zero-order valence-electron chi connectivity index (χ0n) is 13.5. The summed E-state index contributed by atoms with van der Waals surface area (Å²) >= 11 is 1.40. The van der Waals surface area contributed by atoms with E-state index < -0.39 is 24.0 Å². The van der Waals surface area contributed by atoms with Gasteiger partial charge in [0.2, 0.25) is 0 Å². The van der Waals surface area contributed by atoms with E-state index in [-0.39, 0.29) is 11.7 Å². The molecule has 0 unspecified atom stereocenters. The van der Waals surface area contributed by atoms with Gasteiger partial charge < -0.3 is 10.5 Å². The van der Waals surface area contributed by atoms with Gasteiger partial charge in [-0.25, -0.2) is 4.79 Å². The summed E-state index contributed by atoms with van der Waals surface area (Å²) in [5, 5.41) is 1.93. The molecule has 7 heteroatoms. The van der Waals surface area contributed by atoms with Crippen molar-refractivity contribution in [3.8, 4) is 0 Å². The Labute approximate surface area is 140 Å². The number of benzene rings is 1. The van der Waals surface area contributed by atoms with E-state index in [2.05, 4.69) is 0 Å². The number of aryl methyl sites for hydroxylation is 1. The maximum Gasteiger partial charge on any atom is 0.318 e. The van der Waals surface area contributed by atoms with E-state index in [4.69, 9.17) is 10.5 Å². The molecule has 0 spiro atoms. The van der Waals surface area contributed by atoms with Gasteiger partial charge in [-0.1, -0.05) is 43.7 Å². The Morgan fingerprint density at radius 1 is 1.22 bits per heavy atom. The van der Waals surface area contributed by atoms with Crippen molar-refractivity contribution in [1.82, 2.24) is 5.32 Å². The lowest BCUT2D eigenvalue weighted by atomic mass is 10.1. The van der Waals surface area contributed by atoms with Crippen molar-refractivity contribution in [2.75, 3.05) is 5.75 Å². The molecule has 1 rings (SSSR count). The molecule has 23 heavy (non-hydrogen) atoms. The first kappa shape index (κ1) is 19.0. The maximum absolute atomic E-state index is 11.9. The summed E-state index contributed by atoms with van der Waals surface area (Å²) in [5.74, 6) is -0.666. The molecule has 0 fully saturated rings. The molecule has 6 nitrogen and oxygen atoms in total. The van der Waals surface area contributed by atoms with E-state index in [9.17, 15) is 14.4 Å². The standard InChI is InChI=1S/C16H22N2O4S/c1-10(2)14(15(20)18-16(17)21)22-13(19)9-23-8-12-6-4-11(3)5-7-12/h4-7,10,14H,8-9H2,1-3H3,(H3,17,18,20,21)/t14-/m0/s1. The van der Waals surface area contributed by atoms with Crippen molar-refractivity contribution in [3.63, 3.8) is 0 Å². The molecule has 0 aromatic heterocycles. The zero-order valence-corrected chi connectivity index (χ0v) is 14.3. The van der Waals surface area contributed by atoms with Crippen molar-refractivity contribution < 1.29 is 19.1 Å². The Morgan fingerprint density at radius 3 is 2.35 bits per heavy atom. The molecular formula is C16H22N2O4S. The average Bonchev–Trinajstić information content (AvgIpc) is 2.45. The lowest BCUT2D eigenvalue weighted by Crippen LogP contribution is -2.45. The van der Waals surface area contributed by atoms with Crippen LogP contribution in [0.15, 0.2) is 24.3 Å². The maximum atomic E-state index is 11.9. The number of ether oxygens (including phenoxy) is 1. The minimum Gasteiger partial charge on any atom is -0.451 e. The fraction of sp³-hybridized carbons (Fsp3) is 0.438. The number of urea groups is 1. The highest BCUT2D eigenvalue weighted by molar-refractivity contribution is 7.99. The lowest BCUT2D eigenvalue weighted by Gasteiger charge is -2.19. The van der Waals surface area contributed by atoms with Crippen molar-refractivity contribution in [1.29, 1.82) is 0 Å². The summed E-state index contributed by atoms with van der Waals surface area (Å²) in [6, 6.07) is 7.06. The number of carbonyl (C=O) groups excluding carboxylic acids is 3. The van der Waals surface area contributed by atoms with Crippen LogP contribution in [0.1, 0.15) is 25.0 Å². The van der Waals surface area contributed by atoms with Crippen LogP contribution in [0.25, 0.3) is 0 Å². The number of hydrogen-bond acceptors (Lipinski definition) is 5. The molecule has 1 aromatic carbocycles. The van der Waals surface area contributed by atoms with E-state index in [1.165, 1.54) is 17.3 Å². The topological polar surface area (TPSA) is 98.5 Å². The number of rotatable bonds is 7. The van der Waals surface area contributed by atoms with Crippen molar-refractivity contribution in [3.05, 3.63) is 35.4 Å². The number of primary amides is 1. The Balaban J connectivity index is 2.44. The van der Waals surface area contributed by atoms with Crippen LogP contribution in [0.5, 0.6) is 0 Å². The van der Waals surface area contributed by atoms with E-state index in [1.807, 2.05) is 36.5 Å². The third-order valence-electron chi connectivity index (χ3n) is 2.98. The third kappa shape index (κ3) is 7.19. The molecule has 0 saturated heterocycles. The van der Waals surface area contributed by atoms with Crippen LogP contribution in [0.3, 0.4) is 0 Å². The summed E-state index contributed by atoms with van der Waals surface area (Å²) in [5.41, 5.74) is 7.19. The van der Waals surface area contributed by atoms with E-state index >= 15 is 0 Å². The molecule has 0 bridgehead atoms. The molecule has 0 aliphatic heterocycles. The van der Waals surface area contributed by atoms with Crippen molar-refractivity contribution in [2.45, 2.75) is 32.6 Å². The number of nitrogens with one attached hydrogen (secondary N) is 1. The smallest absolute Gasteiger partial charge is 0.318 e. The number of nitrogens with two attached hydrogens (primary N) is 1. The second kappa shape index (κ2) is 9.19. The summed E-state index contributed by atoms with van der Waals surface area (Å²) in [6.45, 7) is 5.45. The number of thioether (sulfide) groups is 1. The van der Waals surface area contributed by atoms with Gasteiger partial charge in [0.05, 0.1) is 5.75 Å². The van der Waals surface area contributed by atoms with Gasteiger partial charge in [-0.05, 0) is 18.4 Å². The highest BCUT2D eigenvalue weighted by Gasteiger charge is 2.27. The van der Waals surface area contributed by atoms with Crippen LogP contribution in [0, 0.1) is 12.8 Å².